The van der Waals surface area contributed by atoms with Gasteiger partial charge in [0.25, 0.3) is 0 Å². The lowest BCUT2D eigenvalue weighted by atomic mass is 10.3. The van der Waals surface area contributed by atoms with E-state index < -0.39 is 0 Å². The molecular weight excluding hydrogens is 198 g/mol. The number of fused-ring (bicyclic) bond motifs is 1. The average Bonchev–Trinajstić information content (AvgIpc) is 2.58. The van der Waals surface area contributed by atoms with Crippen molar-refractivity contribution >= 4 is 33.6 Å². The van der Waals surface area contributed by atoms with E-state index in [0.717, 1.165) is 17.6 Å². The van der Waals surface area contributed by atoms with Crippen molar-refractivity contribution in [3.8, 4) is 0 Å². The van der Waals surface area contributed by atoms with Gasteiger partial charge in [0.15, 0.2) is 0 Å². The molecule has 13 heavy (non-hydrogen) atoms. The standard InChI is InChI=1S/C10H11NS2/c1-2-5-11-6-3-8-4-7-13-9(8)10(11)12/h3-4,6-7H,2,5H2,1H3. The summed E-state index contributed by atoms with van der Waals surface area (Å²) in [5.41, 5.74) is 0. The van der Waals surface area contributed by atoms with Gasteiger partial charge in [-0.3, -0.25) is 0 Å². The first kappa shape index (κ1) is 8.91. The Kier molecular flexibility index (Phi) is 2.47. The Morgan fingerprint density at radius 3 is 3.08 bits per heavy atom. The van der Waals surface area contributed by atoms with Gasteiger partial charge in [0.2, 0.25) is 0 Å². The lowest BCUT2D eigenvalue weighted by Gasteiger charge is -2.04. The van der Waals surface area contributed by atoms with Gasteiger partial charge in [0.1, 0.15) is 4.64 Å². The van der Waals surface area contributed by atoms with E-state index in [1.165, 1.54) is 10.1 Å². The maximum Gasteiger partial charge on any atom is 0.123 e. The molecule has 0 saturated heterocycles. The lowest BCUT2D eigenvalue weighted by molar-refractivity contribution is 0.671. The molecule has 1 nitrogen and oxygen atoms in total. The molecule has 2 aromatic heterocycles. The Labute approximate surface area is 86.6 Å². The second-order valence-corrected chi connectivity index (χ2v) is 4.32. The normalized spacial score (nSPS) is 10.8. The zero-order valence-electron chi connectivity index (χ0n) is 7.49. The van der Waals surface area contributed by atoms with Crippen LogP contribution in [0.25, 0.3) is 10.1 Å². The molecule has 0 fully saturated rings. The summed E-state index contributed by atoms with van der Waals surface area (Å²) < 4.78 is 4.37. The van der Waals surface area contributed by atoms with Crippen molar-refractivity contribution in [3.63, 3.8) is 0 Å². The number of aromatic nitrogens is 1. The first-order valence-electron chi connectivity index (χ1n) is 4.39. The molecule has 0 aromatic carbocycles. The van der Waals surface area contributed by atoms with Gasteiger partial charge in [0.05, 0.1) is 4.70 Å². The summed E-state index contributed by atoms with van der Waals surface area (Å²) in [5.74, 6) is 0. The topological polar surface area (TPSA) is 4.93 Å². The lowest BCUT2D eigenvalue weighted by Crippen LogP contribution is -1.97. The molecule has 0 unspecified atom stereocenters. The van der Waals surface area contributed by atoms with E-state index in [1.807, 2.05) is 0 Å². The molecule has 0 bridgehead atoms. The van der Waals surface area contributed by atoms with Gasteiger partial charge in [-0.1, -0.05) is 19.1 Å². The van der Waals surface area contributed by atoms with E-state index in [9.17, 15) is 0 Å². The van der Waals surface area contributed by atoms with Crippen LogP contribution in [0.1, 0.15) is 13.3 Å². The average molecular weight is 209 g/mol. The fraction of sp³-hybridized carbons (Fsp3) is 0.300. The van der Waals surface area contributed by atoms with Crippen molar-refractivity contribution in [2.45, 2.75) is 19.9 Å². The Morgan fingerprint density at radius 2 is 2.31 bits per heavy atom. The molecule has 0 amide bonds. The molecule has 0 radical (unpaired) electrons. The van der Waals surface area contributed by atoms with Crippen molar-refractivity contribution in [2.24, 2.45) is 0 Å². The second kappa shape index (κ2) is 3.60. The fourth-order valence-corrected chi connectivity index (χ4v) is 2.66. The number of nitrogens with zero attached hydrogens (tertiary/aromatic N) is 1. The van der Waals surface area contributed by atoms with Crippen molar-refractivity contribution in [1.29, 1.82) is 0 Å². The van der Waals surface area contributed by atoms with Gasteiger partial charge in [-0.15, -0.1) is 11.3 Å². The number of rotatable bonds is 2. The summed E-state index contributed by atoms with van der Waals surface area (Å²) in [5, 5.41) is 3.36. The number of thiophene rings is 1. The van der Waals surface area contributed by atoms with Crippen molar-refractivity contribution in [2.75, 3.05) is 0 Å². The highest BCUT2D eigenvalue weighted by atomic mass is 32.1. The number of hydrogen-bond acceptors (Lipinski definition) is 2. The smallest absolute Gasteiger partial charge is 0.123 e. The molecule has 0 atom stereocenters. The Bertz CT molecular complexity index is 467. The molecule has 0 aliphatic rings. The third-order valence-electron chi connectivity index (χ3n) is 2.05. The third-order valence-corrected chi connectivity index (χ3v) is 3.55. The largest absolute Gasteiger partial charge is 0.338 e. The molecule has 0 saturated carbocycles. The maximum atomic E-state index is 5.39. The Balaban J connectivity index is 2.67. The molecule has 2 rings (SSSR count). The van der Waals surface area contributed by atoms with E-state index in [4.69, 9.17) is 12.2 Å². The number of aryl methyl sites for hydroxylation is 1. The van der Waals surface area contributed by atoms with E-state index in [0.29, 0.717) is 0 Å². The summed E-state index contributed by atoms with van der Waals surface area (Å²) in [6.07, 6.45) is 3.21. The number of hydrogen-bond donors (Lipinski definition) is 0. The van der Waals surface area contributed by atoms with Crippen LogP contribution in [0.15, 0.2) is 23.7 Å². The maximum absolute atomic E-state index is 5.39. The third kappa shape index (κ3) is 1.54. The van der Waals surface area contributed by atoms with Crippen LogP contribution in [0, 0.1) is 4.64 Å². The molecule has 0 spiro atoms. The highest BCUT2D eigenvalue weighted by Gasteiger charge is 1.98. The molecule has 68 valence electrons. The van der Waals surface area contributed by atoms with Gasteiger partial charge in [0, 0.05) is 12.7 Å². The summed E-state index contributed by atoms with van der Waals surface area (Å²) in [6.45, 7) is 3.19. The molecule has 0 aliphatic carbocycles. The van der Waals surface area contributed by atoms with Gasteiger partial charge >= 0.3 is 0 Å². The molecule has 3 heteroatoms. The van der Waals surface area contributed by atoms with Crippen LogP contribution in [0.4, 0.5) is 0 Å². The molecule has 2 heterocycles. The first-order valence-corrected chi connectivity index (χ1v) is 5.68. The van der Waals surface area contributed by atoms with Gasteiger partial charge < -0.3 is 4.57 Å². The zero-order valence-corrected chi connectivity index (χ0v) is 9.12. The minimum Gasteiger partial charge on any atom is -0.338 e. The quantitative estimate of drug-likeness (QED) is 0.680. The number of pyridine rings is 1. The molecule has 2 aromatic rings. The SMILES string of the molecule is CCCn1ccc2ccsc2c1=S. The minimum atomic E-state index is 0.981. The van der Waals surface area contributed by atoms with Crippen LogP contribution in [-0.4, -0.2) is 4.57 Å². The second-order valence-electron chi connectivity index (χ2n) is 3.02. The van der Waals surface area contributed by atoms with Crippen LogP contribution in [0.2, 0.25) is 0 Å². The van der Waals surface area contributed by atoms with Crippen molar-refractivity contribution in [3.05, 3.63) is 28.4 Å². The van der Waals surface area contributed by atoms with E-state index in [1.54, 1.807) is 11.3 Å². The van der Waals surface area contributed by atoms with Crippen molar-refractivity contribution in [1.82, 2.24) is 4.57 Å². The van der Waals surface area contributed by atoms with Crippen LogP contribution >= 0.6 is 23.6 Å². The van der Waals surface area contributed by atoms with Crippen LogP contribution in [-0.2, 0) is 6.54 Å². The fourth-order valence-electron chi connectivity index (χ4n) is 1.41. The van der Waals surface area contributed by atoms with Gasteiger partial charge in [-0.2, -0.15) is 0 Å². The van der Waals surface area contributed by atoms with Gasteiger partial charge in [-0.25, -0.2) is 0 Å². The Hall–Kier alpha value is -0.670. The monoisotopic (exact) mass is 209 g/mol. The zero-order chi connectivity index (χ0) is 9.26. The molecular formula is C10H11NS2. The predicted molar refractivity (Wildman–Crippen MR) is 60.9 cm³/mol. The first-order chi connectivity index (χ1) is 6.33. The Morgan fingerprint density at radius 1 is 1.46 bits per heavy atom. The summed E-state index contributed by atoms with van der Waals surface area (Å²) >= 11 is 7.12. The minimum absolute atomic E-state index is 0.981. The highest BCUT2D eigenvalue weighted by Crippen LogP contribution is 2.21. The van der Waals surface area contributed by atoms with E-state index in [2.05, 4.69) is 35.2 Å². The van der Waals surface area contributed by atoms with Crippen LogP contribution in [0.3, 0.4) is 0 Å². The van der Waals surface area contributed by atoms with Crippen LogP contribution < -0.4 is 0 Å². The van der Waals surface area contributed by atoms with Crippen LogP contribution in [0.5, 0.6) is 0 Å². The summed E-state index contributed by atoms with van der Waals surface area (Å²) in [7, 11) is 0. The summed E-state index contributed by atoms with van der Waals surface area (Å²) in [6, 6.07) is 4.25. The van der Waals surface area contributed by atoms with Crippen molar-refractivity contribution < 1.29 is 0 Å². The van der Waals surface area contributed by atoms with Gasteiger partial charge in [-0.05, 0) is 29.3 Å². The highest BCUT2D eigenvalue weighted by molar-refractivity contribution is 7.71. The predicted octanol–water partition coefficient (Wildman–Crippen LogP) is 3.84. The van der Waals surface area contributed by atoms with E-state index in [-0.39, 0.29) is 0 Å². The molecule has 0 N–H and O–H groups in total. The summed E-state index contributed by atoms with van der Waals surface area (Å²) in [4.78, 5) is 0. The molecule has 0 aliphatic heterocycles. The van der Waals surface area contributed by atoms with E-state index >= 15 is 0 Å².